The van der Waals surface area contributed by atoms with Crippen LogP contribution in [0.1, 0.15) is 16.5 Å². The normalized spacial score (nSPS) is 11.6. The van der Waals surface area contributed by atoms with Gasteiger partial charge in [-0.25, -0.2) is 24.3 Å². The lowest BCUT2D eigenvalue weighted by molar-refractivity contribution is 0.340. The number of para-hydroxylation sites is 2. The first-order chi connectivity index (χ1) is 16.2. The van der Waals surface area contributed by atoms with Crippen LogP contribution in [-0.4, -0.2) is 54.9 Å². The van der Waals surface area contributed by atoms with Gasteiger partial charge in [-0.15, -0.1) is 0 Å². The second-order valence-corrected chi connectivity index (χ2v) is 8.84. The Morgan fingerprint density at radius 3 is 2.79 bits per heavy atom. The van der Waals surface area contributed by atoms with E-state index in [-0.39, 0.29) is 12.4 Å². The number of halogens is 1. The molecule has 168 valence electrons. The van der Waals surface area contributed by atoms with Gasteiger partial charge in [-0.1, -0.05) is 23.5 Å². The van der Waals surface area contributed by atoms with Crippen LogP contribution >= 0.6 is 11.3 Å². The largest absolute Gasteiger partial charge is 0.362 e. The van der Waals surface area contributed by atoms with Crippen LogP contribution in [0.3, 0.4) is 0 Å². The maximum absolute atomic E-state index is 13.9. The molecule has 8 nitrogen and oxygen atoms in total. The first kappa shape index (κ1) is 21.4. The number of rotatable bonds is 9. The van der Waals surface area contributed by atoms with Crippen molar-refractivity contribution in [2.75, 3.05) is 25.5 Å². The Bertz CT molecular complexity index is 1350. The molecule has 0 spiro atoms. The quantitative estimate of drug-likeness (QED) is 0.344. The molecule has 5 rings (SSSR count). The summed E-state index contributed by atoms with van der Waals surface area (Å²) < 4.78 is 13.9. The minimum Gasteiger partial charge on any atom is -0.362 e. The van der Waals surface area contributed by atoms with Crippen LogP contribution in [0.4, 0.5) is 10.2 Å². The Morgan fingerprint density at radius 1 is 1.03 bits per heavy atom. The first-order valence-corrected chi connectivity index (χ1v) is 11.5. The van der Waals surface area contributed by atoms with E-state index in [0.717, 1.165) is 52.6 Å². The molecule has 0 fully saturated rings. The zero-order valence-electron chi connectivity index (χ0n) is 18.1. The van der Waals surface area contributed by atoms with Gasteiger partial charge in [-0.05, 0) is 31.3 Å². The third kappa shape index (κ3) is 4.96. The highest BCUT2D eigenvalue weighted by atomic mass is 32.1. The van der Waals surface area contributed by atoms with E-state index in [1.807, 2.05) is 24.3 Å². The molecular formula is C23H23FN8S. The molecule has 0 saturated heterocycles. The van der Waals surface area contributed by atoms with E-state index < -0.39 is 0 Å². The summed E-state index contributed by atoms with van der Waals surface area (Å²) in [5, 5.41) is 4.14. The smallest absolute Gasteiger partial charge is 0.157 e. The second-order valence-electron chi connectivity index (χ2n) is 7.77. The van der Waals surface area contributed by atoms with Crippen LogP contribution in [0.25, 0.3) is 21.4 Å². The molecule has 1 aromatic carbocycles. The lowest BCUT2D eigenvalue weighted by Crippen LogP contribution is -2.24. The second kappa shape index (κ2) is 9.55. The molecule has 5 aromatic rings. The zero-order chi connectivity index (χ0) is 22.6. The summed E-state index contributed by atoms with van der Waals surface area (Å²) in [4.78, 5) is 28.6. The number of likely N-dealkylation sites (N-methyl/N-ethyl adjacent to an activating group) is 1. The van der Waals surface area contributed by atoms with Crippen LogP contribution in [0.15, 0.2) is 48.9 Å². The number of aromatic amines is 1. The van der Waals surface area contributed by atoms with E-state index in [9.17, 15) is 4.39 Å². The molecule has 0 radical (unpaired) electrons. The van der Waals surface area contributed by atoms with Crippen molar-refractivity contribution in [1.82, 2.24) is 34.8 Å². The number of benzene rings is 1. The molecule has 0 aliphatic heterocycles. The molecule has 0 unspecified atom stereocenters. The number of aromatic nitrogens is 6. The third-order valence-electron chi connectivity index (χ3n) is 5.37. The van der Waals surface area contributed by atoms with Gasteiger partial charge < -0.3 is 15.2 Å². The Morgan fingerprint density at radius 2 is 1.91 bits per heavy atom. The maximum Gasteiger partial charge on any atom is 0.157 e. The topological polar surface area (TPSA) is 95.5 Å². The molecule has 0 bridgehead atoms. The summed E-state index contributed by atoms with van der Waals surface area (Å²) in [6.07, 6.45) is 4.74. The van der Waals surface area contributed by atoms with Gasteiger partial charge in [0.1, 0.15) is 28.3 Å². The molecule has 33 heavy (non-hydrogen) atoms. The van der Waals surface area contributed by atoms with E-state index in [1.165, 1.54) is 12.4 Å². The van der Waals surface area contributed by atoms with Crippen molar-refractivity contribution in [3.8, 4) is 0 Å². The fraction of sp³-hybridized carbons (Fsp3) is 0.261. The van der Waals surface area contributed by atoms with Gasteiger partial charge in [0.05, 0.1) is 28.3 Å². The minimum absolute atomic E-state index is 0.232. The van der Waals surface area contributed by atoms with Gasteiger partial charge in [0, 0.05) is 32.1 Å². The van der Waals surface area contributed by atoms with Crippen LogP contribution in [0.2, 0.25) is 0 Å². The number of imidazole rings is 1. The summed E-state index contributed by atoms with van der Waals surface area (Å²) in [5.41, 5.74) is 3.12. The third-order valence-corrected chi connectivity index (χ3v) is 6.40. The van der Waals surface area contributed by atoms with Crippen LogP contribution in [0, 0.1) is 5.82 Å². The molecular weight excluding hydrogens is 439 g/mol. The monoisotopic (exact) mass is 462 g/mol. The number of fused-ring (bicyclic) bond motifs is 2. The van der Waals surface area contributed by atoms with Crippen molar-refractivity contribution in [2.24, 2.45) is 0 Å². The molecule has 0 aliphatic rings. The minimum atomic E-state index is -0.347. The molecule has 4 aromatic heterocycles. The average molecular weight is 463 g/mol. The Kier molecular flexibility index (Phi) is 6.18. The Labute approximate surface area is 194 Å². The summed E-state index contributed by atoms with van der Waals surface area (Å²) in [6, 6.07) is 11.0. The average Bonchev–Trinajstić information content (AvgIpc) is 3.44. The number of pyridine rings is 1. The molecule has 0 atom stereocenters. The van der Waals surface area contributed by atoms with Gasteiger partial charge in [0.25, 0.3) is 0 Å². The van der Waals surface area contributed by atoms with Crippen molar-refractivity contribution in [3.63, 3.8) is 0 Å². The van der Waals surface area contributed by atoms with E-state index in [0.29, 0.717) is 17.0 Å². The fourth-order valence-electron chi connectivity index (χ4n) is 3.57. The lowest BCUT2D eigenvalue weighted by Gasteiger charge is -2.14. The summed E-state index contributed by atoms with van der Waals surface area (Å²) in [5.74, 6) is 1.24. The lowest BCUT2D eigenvalue weighted by atomic mass is 10.3. The molecule has 0 aliphatic carbocycles. The zero-order valence-corrected chi connectivity index (χ0v) is 18.9. The Balaban J connectivity index is 1.18. The van der Waals surface area contributed by atoms with Gasteiger partial charge in [0.15, 0.2) is 5.82 Å². The molecule has 0 amide bonds. The number of nitrogens with zero attached hydrogens (tertiary/aromatic N) is 6. The summed E-state index contributed by atoms with van der Waals surface area (Å²) in [6.45, 7) is 2.00. The van der Waals surface area contributed by atoms with E-state index in [1.54, 1.807) is 23.6 Å². The predicted molar refractivity (Wildman–Crippen MR) is 128 cm³/mol. The van der Waals surface area contributed by atoms with E-state index in [4.69, 9.17) is 4.98 Å². The Hall–Kier alpha value is -3.50. The van der Waals surface area contributed by atoms with Gasteiger partial charge in [0.2, 0.25) is 0 Å². The highest BCUT2D eigenvalue weighted by molar-refractivity contribution is 7.18. The summed E-state index contributed by atoms with van der Waals surface area (Å²) >= 11 is 1.56. The highest BCUT2D eigenvalue weighted by Crippen LogP contribution is 2.25. The van der Waals surface area contributed by atoms with Gasteiger partial charge in [-0.2, -0.15) is 0 Å². The predicted octanol–water partition coefficient (Wildman–Crippen LogP) is 3.83. The van der Waals surface area contributed by atoms with Gasteiger partial charge >= 0.3 is 0 Å². The van der Waals surface area contributed by atoms with Crippen molar-refractivity contribution in [1.29, 1.82) is 0 Å². The molecule has 2 N–H and O–H groups in total. The molecule has 0 saturated carbocycles. The van der Waals surface area contributed by atoms with Crippen molar-refractivity contribution < 1.29 is 4.39 Å². The highest BCUT2D eigenvalue weighted by Gasteiger charge is 2.13. The maximum atomic E-state index is 13.9. The van der Waals surface area contributed by atoms with Crippen molar-refractivity contribution in [2.45, 2.75) is 19.4 Å². The number of anilines is 1. The van der Waals surface area contributed by atoms with Crippen molar-refractivity contribution >= 4 is 38.5 Å². The number of hydrogen-bond donors (Lipinski definition) is 2. The van der Waals surface area contributed by atoms with Crippen LogP contribution < -0.4 is 5.32 Å². The van der Waals surface area contributed by atoms with E-state index in [2.05, 4.69) is 42.2 Å². The molecule has 10 heteroatoms. The SMILES string of the molecule is CN(CCc1nc2ccccc2[nH]1)CCc1nc2c(NCc3ncccc3F)ncnc2s1. The summed E-state index contributed by atoms with van der Waals surface area (Å²) in [7, 11) is 2.10. The van der Waals surface area contributed by atoms with E-state index >= 15 is 0 Å². The number of H-pyrrole nitrogens is 1. The fourth-order valence-corrected chi connectivity index (χ4v) is 4.46. The standard InChI is InChI=1S/C23H23FN8S/c1-32(11-8-19-29-16-6-2-3-7-17(16)30-19)12-9-20-31-21-22(27-14-28-23(21)33-20)26-13-18-15(24)5-4-10-25-18/h2-7,10,14H,8-9,11-13H2,1H3,(H,29,30)(H,26,27,28). The number of thiazole rings is 1. The van der Waals surface area contributed by atoms with Gasteiger partial charge in [-0.3, -0.25) is 4.98 Å². The molecule has 4 heterocycles. The number of nitrogens with one attached hydrogen (secondary N) is 2. The van der Waals surface area contributed by atoms with Crippen LogP contribution in [-0.2, 0) is 19.4 Å². The first-order valence-electron chi connectivity index (χ1n) is 10.7. The number of hydrogen-bond acceptors (Lipinski definition) is 8. The van der Waals surface area contributed by atoms with Crippen molar-refractivity contribution in [3.05, 3.63) is 71.3 Å². The van der Waals surface area contributed by atoms with Crippen LogP contribution in [0.5, 0.6) is 0 Å².